The number of nitrogens with zero attached hydrogens (tertiary/aromatic N) is 2. The van der Waals surface area contributed by atoms with Crippen LogP contribution in [0, 0.1) is 0 Å². The van der Waals surface area contributed by atoms with Crippen LogP contribution in [-0.2, 0) is 6.42 Å². The van der Waals surface area contributed by atoms with Gasteiger partial charge in [-0.15, -0.1) is 10.2 Å². The first-order valence-electron chi connectivity index (χ1n) is 6.52. The van der Waals surface area contributed by atoms with Crippen molar-refractivity contribution < 1.29 is 14.3 Å². The molecule has 6 nitrogen and oxygen atoms in total. The Morgan fingerprint density at radius 2 is 2.00 bits per heavy atom. The third kappa shape index (κ3) is 4.17. The first kappa shape index (κ1) is 14.8. The van der Waals surface area contributed by atoms with Gasteiger partial charge in [-0.1, -0.05) is 12.1 Å². The van der Waals surface area contributed by atoms with Gasteiger partial charge in [0.25, 0.3) is 5.91 Å². The molecule has 110 valence electrons. The van der Waals surface area contributed by atoms with E-state index in [2.05, 4.69) is 15.5 Å². The molecule has 0 spiro atoms. The molecule has 6 heteroatoms. The van der Waals surface area contributed by atoms with Gasteiger partial charge in [-0.05, 0) is 30.2 Å². The highest BCUT2D eigenvalue weighted by Crippen LogP contribution is 2.12. The van der Waals surface area contributed by atoms with E-state index in [9.17, 15) is 4.79 Å². The number of rotatable bonds is 6. The van der Waals surface area contributed by atoms with Gasteiger partial charge in [0.15, 0.2) is 5.69 Å². The maximum Gasteiger partial charge on any atom is 0.271 e. The second-order valence-corrected chi connectivity index (χ2v) is 4.32. The van der Waals surface area contributed by atoms with Crippen molar-refractivity contribution in [1.29, 1.82) is 0 Å². The van der Waals surface area contributed by atoms with Crippen LogP contribution < -0.4 is 14.8 Å². The number of amides is 1. The van der Waals surface area contributed by atoms with Crippen LogP contribution >= 0.6 is 0 Å². The van der Waals surface area contributed by atoms with Gasteiger partial charge in [0, 0.05) is 12.6 Å². The van der Waals surface area contributed by atoms with Crippen LogP contribution in [0.15, 0.2) is 36.4 Å². The molecule has 0 unspecified atom stereocenters. The monoisotopic (exact) mass is 287 g/mol. The van der Waals surface area contributed by atoms with E-state index in [0.29, 0.717) is 18.8 Å². The topological polar surface area (TPSA) is 73.3 Å². The highest BCUT2D eigenvalue weighted by molar-refractivity contribution is 5.92. The van der Waals surface area contributed by atoms with Crippen molar-refractivity contribution in [2.24, 2.45) is 0 Å². The van der Waals surface area contributed by atoms with Crippen LogP contribution in [0.4, 0.5) is 0 Å². The third-order valence-electron chi connectivity index (χ3n) is 2.92. The Bertz CT molecular complexity index is 599. The third-order valence-corrected chi connectivity index (χ3v) is 2.92. The van der Waals surface area contributed by atoms with Gasteiger partial charge in [0.05, 0.1) is 14.2 Å². The normalized spacial score (nSPS) is 10.0. The minimum atomic E-state index is -0.256. The zero-order valence-electron chi connectivity index (χ0n) is 12.0. The van der Waals surface area contributed by atoms with Crippen LogP contribution in [0.1, 0.15) is 16.1 Å². The van der Waals surface area contributed by atoms with Crippen LogP contribution in [0.25, 0.3) is 0 Å². The van der Waals surface area contributed by atoms with E-state index in [1.54, 1.807) is 19.2 Å². The highest BCUT2D eigenvalue weighted by Gasteiger charge is 2.07. The Morgan fingerprint density at radius 3 is 2.67 bits per heavy atom. The van der Waals surface area contributed by atoms with Crippen molar-refractivity contribution in [3.8, 4) is 11.6 Å². The molecule has 0 fully saturated rings. The summed E-state index contributed by atoms with van der Waals surface area (Å²) in [5.41, 5.74) is 1.36. The maximum absolute atomic E-state index is 11.9. The number of benzene rings is 1. The number of methoxy groups -OCH3 is 2. The van der Waals surface area contributed by atoms with E-state index in [1.807, 2.05) is 24.3 Å². The summed E-state index contributed by atoms with van der Waals surface area (Å²) in [6.45, 7) is 0.514. The molecule has 1 aromatic heterocycles. The minimum absolute atomic E-state index is 0.256. The first-order valence-corrected chi connectivity index (χ1v) is 6.52. The molecule has 2 aromatic rings. The van der Waals surface area contributed by atoms with E-state index in [1.165, 1.54) is 7.11 Å². The van der Waals surface area contributed by atoms with Crippen LogP contribution in [-0.4, -0.2) is 36.9 Å². The SMILES string of the molecule is COc1cccc(CCNC(=O)c2ccc(OC)nn2)c1. The van der Waals surface area contributed by atoms with Crippen molar-refractivity contribution >= 4 is 5.91 Å². The lowest BCUT2D eigenvalue weighted by atomic mass is 10.1. The summed E-state index contributed by atoms with van der Waals surface area (Å²) < 4.78 is 10.0. The standard InChI is InChI=1S/C15H17N3O3/c1-20-12-5-3-4-11(10-12)8-9-16-15(19)13-6-7-14(21-2)18-17-13/h3-7,10H,8-9H2,1-2H3,(H,16,19). The smallest absolute Gasteiger partial charge is 0.271 e. The van der Waals surface area contributed by atoms with Gasteiger partial charge in [0.1, 0.15) is 5.75 Å². The lowest BCUT2D eigenvalue weighted by Gasteiger charge is -2.06. The molecule has 1 aromatic carbocycles. The Morgan fingerprint density at radius 1 is 1.14 bits per heavy atom. The molecular formula is C15H17N3O3. The van der Waals surface area contributed by atoms with Gasteiger partial charge in [-0.3, -0.25) is 4.79 Å². The summed E-state index contributed by atoms with van der Waals surface area (Å²) in [4.78, 5) is 11.9. The fourth-order valence-corrected chi connectivity index (χ4v) is 1.79. The predicted octanol–water partition coefficient (Wildman–Crippen LogP) is 1.47. The molecule has 0 radical (unpaired) electrons. The Kier molecular flexibility index (Phi) is 5.09. The fourth-order valence-electron chi connectivity index (χ4n) is 1.79. The zero-order chi connectivity index (χ0) is 15.1. The molecule has 0 aliphatic carbocycles. The maximum atomic E-state index is 11.9. The molecule has 1 amide bonds. The van der Waals surface area contributed by atoms with Gasteiger partial charge in [-0.2, -0.15) is 0 Å². The van der Waals surface area contributed by atoms with Crippen LogP contribution in [0.2, 0.25) is 0 Å². The summed E-state index contributed by atoms with van der Waals surface area (Å²) in [7, 11) is 3.13. The Labute approximate surface area is 123 Å². The van der Waals surface area contributed by atoms with Crippen molar-refractivity contribution in [3.63, 3.8) is 0 Å². The lowest BCUT2D eigenvalue weighted by Crippen LogP contribution is -2.26. The van der Waals surface area contributed by atoms with E-state index >= 15 is 0 Å². The van der Waals surface area contributed by atoms with Gasteiger partial charge < -0.3 is 14.8 Å². The van der Waals surface area contributed by atoms with Gasteiger partial charge in [0.2, 0.25) is 5.88 Å². The van der Waals surface area contributed by atoms with Crippen molar-refractivity contribution in [2.75, 3.05) is 20.8 Å². The summed E-state index contributed by atoms with van der Waals surface area (Å²) in [6.07, 6.45) is 0.715. The van der Waals surface area contributed by atoms with Crippen LogP contribution in [0.3, 0.4) is 0 Å². The lowest BCUT2D eigenvalue weighted by molar-refractivity contribution is 0.0948. The quantitative estimate of drug-likeness (QED) is 0.871. The van der Waals surface area contributed by atoms with Crippen molar-refractivity contribution in [1.82, 2.24) is 15.5 Å². The molecular weight excluding hydrogens is 270 g/mol. The molecule has 1 heterocycles. The van der Waals surface area contributed by atoms with E-state index in [0.717, 1.165) is 11.3 Å². The Balaban J connectivity index is 1.85. The summed E-state index contributed by atoms with van der Waals surface area (Å²) >= 11 is 0. The van der Waals surface area contributed by atoms with E-state index in [4.69, 9.17) is 9.47 Å². The minimum Gasteiger partial charge on any atom is -0.497 e. The number of carbonyl (C=O) groups excluding carboxylic acids is 1. The molecule has 0 atom stereocenters. The summed E-state index contributed by atoms with van der Waals surface area (Å²) in [5.74, 6) is 0.927. The van der Waals surface area contributed by atoms with Crippen molar-refractivity contribution in [3.05, 3.63) is 47.7 Å². The van der Waals surface area contributed by atoms with E-state index in [-0.39, 0.29) is 11.6 Å². The molecule has 0 saturated heterocycles. The first-order chi connectivity index (χ1) is 10.2. The number of ether oxygens (including phenoxy) is 2. The van der Waals surface area contributed by atoms with E-state index < -0.39 is 0 Å². The summed E-state index contributed by atoms with van der Waals surface area (Å²) in [6, 6.07) is 10.9. The molecule has 0 saturated carbocycles. The molecule has 1 N–H and O–H groups in total. The zero-order valence-corrected chi connectivity index (χ0v) is 12.0. The fraction of sp³-hybridized carbons (Fsp3) is 0.267. The number of aromatic nitrogens is 2. The predicted molar refractivity (Wildman–Crippen MR) is 77.6 cm³/mol. The number of hydrogen-bond acceptors (Lipinski definition) is 5. The average Bonchev–Trinajstić information content (AvgIpc) is 2.55. The molecule has 0 bridgehead atoms. The largest absolute Gasteiger partial charge is 0.497 e. The second kappa shape index (κ2) is 7.23. The second-order valence-electron chi connectivity index (χ2n) is 4.32. The Hall–Kier alpha value is -2.63. The number of hydrogen-bond donors (Lipinski definition) is 1. The van der Waals surface area contributed by atoms with Crippen molar-refractivity contribution in [2.45, 2.75) is 6.42 Å². The number of nitrogens with one attached hydrogen (secondary N) is 1. The van der Waals surface area contributed by atoms with Gasteiger partial charge >= 0.3 is 0 Å². The molecule has 0 aliphatic rings. The number of carbonyl (C=O) groups is 1. The molecule has 0 aliphatic heterocycles. The molecule has 2 rings (SSSR count). The average molecular weight is 287 g/mol. The van der Waals surface area contributed by atoms with Crippen LogP contribution in [0.5, 0.6) is 11.6 Å². The summed E-state index contributed by atoms with van der Waals surface area (Å²) in [5, 5.41) is 10.4. The van der Waals surface area contributed by atoms with Gasteiger partial charge in [-0.25, -0.2) is 0 Å². The highest BCUT2D eigenvalue weighted by atomic mass is 16.5. The molecule has 21 heavy (non-hydrogen) atoms.